The van der Waals surface area contributed by atoms with Gasteiger partial charge in [-0.3, -0.25) is 19.8 Å². The Morgan fingerprint density at radius 2 is 2.08 bits per heavy atom. The maximum absolute atomic E-state index is 11.6. The molecule has 3 aromatic rings. The van der Waals surface area contributed by atoms with E-state index in [0.717, 1.165) is 0 Å². The molecular formula is C15H15N7O3. The van der Waals surface area contributed by atoms with Crippen LogP contribution in [0.5, 0.6) is 0 Å². The Morgan fingerprint density at radius 3 is 2.84 bits per heavy atom. The normalized spacial score (nSPS) is 10.6. The summed E-state index contributed by atoms with van der Waals surface area (Å²) in [6.45, 7) is 2.08. The lowest BCUT2D eigenvalue weighted by molar-refractivity contribution is -0.137. The standard InChI is InChI=1S/C15H15N7O3/c1-2-16-15(25)21-12-4-3-10-14(20-12)19-11(6-17-10)9-5-18-22(7-9)8-13(23)24/h3-7H,2,8H2,1H3,(H,23,24)(H2,16,19,20,21,25). The lowest BCUT2D eigenvalue weighted by Gasteiger charge is -2.06. The van der Waals surface area contributed by atoms with Crippen LogP contribution < -0.4 is 10.6 Å². The molecule has 3 rings (SSSR count). The van der Waals surface area contributed by atoms with E-state index < -0.39 is 5.97 Å². The van der Waals surface area contributed by atoms with E-state index in [2.05, 4.69) is 30.7 Å². The topological polar surface area (TPSA) is 135 Å². The number of aromatic nitrogens is 5. The van der Waals surface area contributed by atoms with Gasteiger partial charge >= 0.3 is 12.0 Å². The number of pyridine rings is 1. The summed E-state index contributed by atoms with van der Waals surface area (Å²) in [7, 11) is 0. The summed E-state index contributed by atoms with van der Waals surface area (Å²) in [5, 5.41) is 18.0. The van der Waals surface area contributed by atoms with Gasteiger partial charge in [-0.05, 0) is 19.1 Å². The number of carbonyl (C=O) groups excluding carboxylic acids is 1. The van der Waals surface area contributed by atoms with Gasteiger partial charge in [-0.1, -0.05) is 0 Å². The molecule has 0 unspecified atom stereocenters. The Bertz CT molecular complexity index is 938. The lowest BCUT2D eigenvalue weighted by Crippen LogP contribution is -2.28. The Labute approximate surface area is 141 Å². The van der Waals surface area contributed by atoms with Crippen LogP contribution in [-0.2, 0) is 11.3 Å². The van der Waals surface area contributed by atoms with E-state index in [1.807, 2.05) is 6.92 Å². The number of rotatable bonds is 5. The SMILES string of the molecule is CCNC(=O)Nc1ccc2ncc(-c3cnn(CC(=O)O)c3)nc2n1. The summed E-state index contributed by atoms with van der Waals surface area (Å²) in [6.07, 6.45) is 4.64. The summed E-state index contributed by atoms with van der Waals surface area (Å²) in [5.41, 5.74) is 2.06. The number of urea groups is 1. The third-order valence-electron chi connectivity index (χ3n) is 3.21. The van der Waals surface area contributed by atoms with Crippen molar-refractivity contribution < 1.29 is 14.7 Å². The summed E-state index contributed by atoms with van der Waals surface area (Å²) >= 11 is 0. The Morgan fingerprint density at radius 1 is 1.24 bits per heavy atom. The summed E-state index contributed by atoms with van der Waals surface area (Å²) in [6, 6.07) is 2.99. The van der Waals surface area contributed by atoms with Crippen molar-refractivity contribution in [3.05, 3.63) is 30.7 Å². The zero-order valence-electron chi connectivity index (χ0n) is 13.3. The number of aliphatic carboxylic acids is 1. The van der Waals surface area contributed by atoms with Gasteiger partial charge in [0.2, 0.25) is 0 Å². The number of carboxylic acid groups (broad SMARTS) is 1. The number of hydrogen-bond acceptors (Lipinski definition) is 6. The van der Waals surface area contributed by atoms with Gasteiger partial charge in [0.25, 0.3) is 0 Å². The quantitative estimate of drug-likeness (QED) is 0.632. The van der Waals surface area contributed by atoms with Crippen molar-refractivity contribution in [2.75, 3.05) is 11.9 Å². The lowest BCUT2D eigenvalue weighted by atomic mass is 10.2. The van der Waals surface area contributed by atoms with Crippen molar-refractivity contribution in [3.63, 3.8) is 0 Å². The number of hydrogen-bond donors (Lipinski definition) is 3. The van der Waals surface area contributed by atoms with Crippen LogP contribution in [-0.4, -0.2) is 48.4 Å². The van der Waals surface area contributed by atoms with E-state index in [-0.39, 0.29) is 12.6 Å². The van der Waals surface area contributed by atoms with Crippen LogP contribution in [0.25, 0.3) is 22.4 Å². The molecule has 0 spiro atoms. The van der Waals surface area contributed by atoms with Crippen LogP contribution in [0.15, 0.2) is 30.7 Å². The number of carboxylic acids is 1. The number of nitrogens with zero attached hydrogens (tertiary/aromatic N) is 5. The van der Waals surface area contributed by atoms with Crippen LogP contribution in [0.3, 0.4) is 0 Å². The van der Waals surface area contributed by atoms with Gasteiger partial charge in [-0.15, -0.1) is 0 Å². The van der Waals surface area contributed by atoms with Gasteiger partial charge in [-0.2, -0.15) is 5.10 Å². The number of amides is 2. The number of fused-ring (bicyclic) bond motifs is 1. The fourth-order valence-electron chi connectivity index (χ4n) is 2.15. The van der Waals surface area contributed by atoms with Crippen molar-refractivity contribution in [1.82, 2.24) is 30.0 Å². The zero-order valence-corrected chi connectivity index (χ0v) is 13.3. The molecule has 2 amide bonds. The predicted molar refractivity (Wildman–Crippen MR) is 88.9 cm³/mol. The zero-order chi connectivity index (χ0) is 17.8. The molecule has 0 aromatic carbocycles. The Kier molecular flexibility index (Phi) is 4.50. The van der Waals surface area contributed by atoms with E-state index in [9.17, 15) is 9.59 Å². The highest BCUT2D eigenvalue weighted by Crippen LogP contribution is 2.18. The van der Waals surface area contributed by atoms with Gasteiger partial charge in [0.1, 0.15) is 17.9 Å². The largest absolute Gasteiger partial charge is 0.480 e. The minimum atomic E-state index is -0.984. The molecule has 10 heteroatoms. The predicted octanol–water partition coefficient (Wildman–Crippen LogP) is 1.11. The molecule has 0 aliphatic carbocycles. The molecule has 3 N–H and O–H groups in total. The monoisotopic (exact) mass is 341 g/mol. The molecule has 0 saturated carbocycles. The highest BCUT2D eigenvalue weighted by molar-refractivity contribution is 5.89. The second kappa shape index (κ2) is 6.91. The van der Waals surface area contributed by atoms with E-state index in [1.165, 1.54) is 10.9 Å². The molecule has 0 bridgehead atoms. The first-order valence-corrected chi connectivity index (χ1v) is 7.48. The van der Waals surface area contributed by atoms with Crippen molar-refractivity contribution in [2.45, 2.75) is 13.5 Å². The maximum Gasteiger partial charge on any atom is 0.325 e. The minimum Gasteiger partial charge on any atom is -0.480 e. The molecule has 128 valence electrons. The molecule has 0 aliphatic heterocycles. The fraction of sp³-hybridized carbons (Fsp3) is 0.200. The van der Waals surface area contributed by atoms with Crippen LogP contribution in [0.4, 0.5) is 10.6 Å². The number of anilines is 1. The van der Waals surface area contributed by atoms with E-state index >= 15 is 0 Å². The van der Waals surface area contributed by atoms with Gasteiger partial charge in [0.15, 0.2) is 5.65 Å². The van der Waals surface area contributed by atoms with Crippen molar-refractivity contribution in [1.29, 1.82) is 0 Å². The maximum atomic E-state index is 11.6. The number of nitrogens with one attached hydrogen (secondary N) is 2. The molecule has 3 aromatic heterocycles. The fourth-order valence-corrected chi connectivity index (χ4v) is 2.15. The molecule has 0 fully saturated rings. The molecule has 0 saturated heterocycles. The molecule has 25 heavy (non-hydrogen) atoms. The van der Waals surface area contributed by atoms with Crippen molar-refractivity contribution in [2.24, 2.45) is 0 Å². The summed E-state index contributed by atoms with van der Waals surface area (Å²) < 4.78 is 1.30. The first-order valence-electron chi connectivity index (χ1n) is 7.48. The average molecular weight is 341 g/mol. The van der Waals surface area contributed by atoms with E-state index in [4.69, 9.17) is 5.11 Å². The Hall–Kier alpha value is -3.56. The Balaban J connectivity index is 1.88. The van der Waals surface area contributed by atoms with Crippen molar-refractivity contribution >= 4 is 29.0 Å². The number of carbonyl (C=O) groups is 2. The summed E-state index contributed by atoms with van der Waals surface area (Å²) in [4.78, 5) is 35.2. The highest BCUT2D eigenvalue weighted by Gasteiger charge is 2.09. The second-order valence-corrected chi connectivity index (χ2v) is 5.10. The van der Waals surface area contributed by atoms with Crippen LogP contribution in [0, 0.1) is 0 Å². The van der Waals surface area contributed by atoms with E-state index in [0.29, 0.717) is 34.8 Å². The molecule has 0 aliphatic rings. The van der Waals surface area contributed by atoms with Gasteiger partial charge < -0.3 is 10.4 Å². The molecule has 3 heterocycles. The van der Waals surface area contributed by atoms with Crippen LogP contribution in [0.2, 0.25) is 0 Å². The first kappa shape index (κ1) is 16.3. The van der Waals surface area contributed by atoms with Gasteiger partial charge in [0, 0.05) is 18.3 Å². The van der Waals surface area contributed by atoms with Crippen molar-refractivity contribution in [3.8, 4) is 11.3 Å². The van der Waals surface area contributed by atoms with Gasteiger partial charge in [0.05, 0.1) is 18.1 Å². The van der Waals surface area contributed by atoms with E-state index in [1.54, 1.807) is 24.5 Å². The highest BCUT2D eigenvalue weighted by atomic mass is 16.4. The van der Waals surface area contributed by atoms with Gasteiger partial charge in [-0.25, -0.2) is 14.8 Å². The molecular weight excluding hydrogens is 326 g/mol. The van der Waals surface area contributed by atoms with Crippen LogP contribution in [0.1, 0.15) is 6.92 Å². The van der Waals surface area contributed by atoms with Crippen LogP contribution >= 0.6 is 0 Å². The summed E-state index contributed by atoms with van der Waals surface area (Å²) in [5.74, 6) is -0.631. The smallest absolute Gasteiger partial charge is 0.325 e. The second-order valence-electron chi connectivity index (χ2n) is 5.10. The molecule has 10 nitrogen and oxygen atoms in total. The average Bonchev–Trinajstić information content (AvgIpc) is 3.02. The molecule has 0 radical (unpaired) electrons. The first-order chi connectivity index (χ1) is 12.0. The molecule has 0 atom stereocenters. The third kappa shape index (κ3) is 3.86. The minimum absolute atomic E-state index is 0.236. The third-order valence-corrected chi connectivity index (χ3v) is 3.21.